The fourth-order valence-corrected chi connectivity index (χ4v) is 9.20. The van der Waals surface area contributed by atoms with E-state index in [1.807, 2.05) is 13.8 Å². The highest BCUT2D eigenvalue weighted by atomic mass is 31.2. The first-order chi connectivity index (χ1) is 16.2. The summed E-state index contributed by atoms with van der Waals surface area (Å²) in [5.41, 5.74) is 1.62. The van der Waals surface area contributed by atoms with Gasteiger partial charge in [0.1, 0.15) is 0 Å². The van der Waals surface area contributed by atoms with E-state index < -0.39 is 13.4 Å². The molecule has 7 heteroatoms. The van der Waals surface area contributed by atoms with Crippen LogP contribution in [0, 0.1) is 40.4 Å². The molecule has 0 radical (unpaired) electrons. The molecule has 0 heterocycles. The number of allylic oxidation sites excluding steroid dienone is 1. The Balaban J connectivity index is 1.40. The summed E-state index contributed by atoms with van der Waals surface area (Å²) in [6.07, 6.45) is 15.1. The second kappa shape index (κ2) is 10.2. The van der Waals surface area contributed by atoms with Crippen molar-refractivity contribution in [3.05, 3.63) is 11.6 Å². The molecule has 6 nitrogen and oxygen atoms in total. The van der Waals surface area contributed by atoms with Crippen LogP contribution >= 0.6 is 7.82 Å². The lowest BCUT2D eigenvalue weighted by molar-refractivity contribution is -0.0855. The summed E-state index contributed by atoms with van der Waals surface area (Å²) < 4.78 is 21.2. The third-order valence-electron chi connectivity index (χ3n) is 10.8. The Bertz CT molecular complexity index is 830. The zero-order chi connectivity index (χ0) is 25.6. The Labute approximate surface area is 212 Å². The van der Waals surface area contributed by atoms with Gasteiger partial charge in [-0.25, -0.2) is 4.57 Å². The third kappa shape index (κ3) is 5.94. The smallest absolute Gasteiger partial charge is 0.390 e. The van der Waals surface area contributed by atoms with E-state index in [1.165, 1.54) is 44.1 Å². The van der Waals surface area contributed by atoms with Gasteiger partial charge in [0.2, 0.25) is 0 Å². The molecular weight excluding hydrogens is 463 g/mol. The number of rotatable bonds is 9. The molecule has 4 rings (SSSR count). The van der Waals surface area contributed by atoms with Gasteiger partial charge in [-0.15, -0.1) is 0 Å². The fraction of sp³-hybridized carbons (Fsp3) is 0.929. The molecule has 0 aromatic heterocycles. The summed E-state index contributed by atoms with van der Waals surface area (Å²) in [5.74, 6) is 3.83. The topological polar surface area (TPSA) is 96.2 Å². The highest BCUT2D eigenvalue weighted by Gasteiger charge is 2.59. The van der Waals surface area contributed by atoms with E-state index in [2.05, 4.69) is 31.4 Å². The molecule has 0 bridgehead atoms. The number of fused-ring (bicyclic) bond motifs is 5. The van der Waals surface area contributed by atoms with Gasteiger partial charge in [-0.05, 0) is 112 Å². The molecule has 8 atom stereocenters. The van der Waals surface area contributed by atoms with Gasteiger partial charge in [-0.3, -0.25) is 4.52 Å². The number of ether oxygens (including phenoxy) is 1. The molecule has 0 amide bonds. The highest BCUT2D eigenvalue weighted by molar-refractivity contribution is 7.46. The van der Waals surface area contributed by atoms with Crippen LogP contribution in [0.4, 0.5) is 0 Å². The molecule has 4 aliphatic carbocycles. The SMILES string of the molecule is C[C@H](CCCC(C)(C)O)[C@H]1CC[C@H]2C3CC=C4C[C@@H](OCOP(=O)(O)O)CC[C@]4(C)[C@H]3CC[C@]12C. The standard InChI is InChI=1S/C28H49O6P/c1-19(7-6-14-26(2,3)29)23-10-11-24-22-9-8-20-17-21(33-18-34-35(30,31)32)12-15-27(20,4)25(22)13-16-28(23,24)5/h8,19,21-25,29H,6-7,9-18H2,1-5H3,(H2,30,31,32)/t19-,21+,22?,23-,24+,25+,27+,28-/m1/s1. The highest BCUT2D eigenvalue weighted by Crippen LogP contribution is 2.67. The van der Waals surface area contributed by atoms with Crippen molar-refractivity contribution in [3.63, 3.8) is 0 Å². The predicted octanol–water partition coefficient (Wildman–Crippen LogP) is 6.59. The number of phosphoric acid groups is 1. The van der Waals surface area contributed by atoms with E-state index in [0.717, 1.165) is 61.7 Å². The van der Waals surface area contributed by atoms with Crippen LogP contribution in [-0.2, 0) is 13.8 Å². The number of hydrogen-bond donors (Lipinski definition) is 3. The predicted molar refractivity (Wildman–Crippen MR) is 137 cm³/mol. The first-order valence-electron chi connectivity index (χ1n) is 14.0. The monoisotopic (exact) mass is 512 g/mol. The van der Waals surface area contributed by atoms with Crippen molar-refractivity contribution in [2.24, 2.45) is 40.4 Å². The number of aliphatic hydroxyl groups is 1. The molecule has 35 heavy (non-hydrogen) atoms. The Kier molecular flexibility index (Phi) is 8.06. The lowest BCUT2D eigenvalue weighted by Crippen LogP contribution is -2.51. The van der Waals surface area contributed by atoms with Gasteiger partial charge >= 0.3 is 7.82 Å². The Morgan fingerprint density at radius 3 is 2.57 bits per heavy atom. The summed E-state index contributed by atoms with van der Waals surface area (Å²) in [7, 11) is -4.49. The Morgan fingerprint density at radius 2 is 1.89 bits per heavy atom. The summed E-state index contributed by atoms with van der Waals surface area (Å²) in [5, 5.41) is 10.1. The molecule has 3 fully saturated rings. The second-order valence-electron chi connectivity index (χ2n) is 13.4. The van der Waals surface area contributed by atoms with Gasteiger partial charge in [0.25, 0.3) is 0 Å². The van der Waals surface area contributed by atoms with Crippen LogP contribution in [0.2, 0.25) is 0 Å². The molecule has 0 aliphatic heterocycles. The van der Waals surface area contributed by atoms with E-state index in [1.54, 1.807) is 0 Å². The van der Waals surface area contributed by atoms with Crippen molar-refractivity contribution in [2.75, 3.05) is 6.79 Å². The van der Waals surface area contributed by atoms with Gasteiger partial charge in [0.05, 0.1) is 11.7 Å². The fourth-order valence-electron chi connectivity index (χ4n) is 9.00. The summed E-state index contributed by atoms with van der Waals surface area (Å²) in [4.78, 5) is 17.8. The van der Waals surface area contributed by atoms with E-state index >= 15 is 0 Å². The van der Waals surface area contributed by atoms with Crippen LogP contribution in [0.25, 0.3) is 0 Å². The van der Waals surface area contributed by atoms with Crippen molar-refractivity contribution in [2.45, 2.75) is 117 Å². The molecule has 0 aromatic carbocycles. The minimum atomic E-state index is -4.49. The normalized spacial score (nSPS) is 40.5. The van der Waals surface area contributed by atoms with Crippen molar-refractivity contribution in [3.8, 4) is 0 Å². The van der Waals surface area contributed by atoms with Gasteiger partial charge in [-0.1, -0.05) is 45.3 Å². The molecular formula is C28H49O6P. The number of hydrogen-bond acceptors (Lipinski definition) is 4. The quantitative estimate of drug-likeness (QED) is 0.183. The Hall–Kier alpha value is -0.230. The summed E-state index contributed by atoms with van der Waals surface area (Å²) in [6.45, 7) is 11.0. The van der Waals surface area contributed by atoms with E-state index in [0.29, 0.717) is 5.41 Å². The second-order valence-corrected chi connectivity index (χ2v) is 14.7. The van der Waals surface area contributed by atoms with Gasteiger partial charge in [0, 0.05) is 0 Å². The molecule has 202 valence electrons. The average molecular weight is 513 g/mol. The van der Waals surface area contributed by atoms with E-state index in [9.17, 15) is 9.67 Å². The third-order valence-corrected chi connectivity index (χ3v) is 11.2. The first kappa shape index (κ1) is 27.8. The van der Waals surface area contributed by atoms with Crippen LogP contribution < -0.4 is 0 Å². The molecule has 0 spiro atoms. The van der Waals surface area contributed by atoms with Crippen molar-refractivity contribution in [1.29, 1.82) is 0 Å². The van der Waals surface area contributed by atoms with E-state index in [-0.39, 0.29) is 18.3 Å². The van der Waals surface area contributed by atoms with Crippen LogP contribution in [0.5, 0.6) is 0 Å². The molecule has 3 N–H and O–H groups in total. The van der Waals surface area contributed by atoms with Crippen LogP contribution in [0.15, 0.2) is 11.6 Å². The van der Waals surface area contributed by atoms with Gasteiger partial charge < -0.3 is 19.6 Å². The molecule has 0 aromatic rings. The minimum absolute atomic E-state index is 0.0214. The average Bonchev–Trinajstić information content (AvgIpc) is 3.09. The largest absolute Gasteiger partial charge is 0.471 e. The lowest BCUT2D eigenvalue weighted by atomic mass is 9.47. The molecule has 1 unspecified atom stereocenters. The number of phosphoric ester groups is 1. The van der Waals surface area contributed by atoms with E-state index in [4.69, 9.17) is 14.5 Å². The lowest BCUT2D eigenvalue weighted by Gasteiger charge is -2.58. The summed E-state index contributed by atoms with van der Waals surface area (Å²) >= 11 is 0. The van der Waals surface area contributed by atoms with Crippen LogP contribution in [0.1, 0.15) is 105 Å². The maximum absolute atomic E-state index is 11.0. The summed E-state index contributed by atoms with van der Waals surface area (Å²) in [6, 6.07) is 0. The minimum Gasteiger partial charge on any atom is -0.390 e. The van der Waals surface area contributed by atoms with Crippen LogP contribution in [0.3, 0.4) is 0 Å². The Morgan fingerprint density at radius 1 is 1.14 bits per heavy atom. The van der Waals surface area contributed by atoms with Gasteiger partial charge in [0.15, 0.2) is 6.79 Å². The zero-order valence-electron chi connectivity index (χ0n) is 22.5. The van der Waals surface area contributed by atoms with Crippen LogP contribution in [-0.4, -0.2) is 33.4 Å². The maximum atomic E-state index is 11.0. The molecule has 3 saturated carbocycles. The van der Waals surface area contributed by atoms with Crippen molar-refractivity contribution >= 4 is 7.82 Å². The molecule has 0 saturated heterocycles. The van der Waals surface area contributed by atoms with Crippen molar-refractivity contribution < 1.29 is 28.7 Å². The molecule has 4 aliphatic rings. The zero-order valence-corrected chi connectivity index (χ0v) is 23.4. The van der Waals surface area contributed by atoms with Crippen molar-refractivity contribution in [1.82, 2.24) is 0 Å². The first-order valence-corrected chi connectivity index (χ1v) is 15.5. The van der Waals surface area contributed by atoms with Gasteiger partial charge in [-0.2, -0.15) is 0 Å². The maximum Gasteiger partial charge on any atom is 0.471 e.